The summed E-state index contributed by atoms with van der Waals surface area (Å²) in [6.07, 6.45) is 13.3. The summed E-state index contributed by atoms with van der Waals surface area (Å²) in [5.41, 5.74) is 5.02. The van der Waals surface area contributed by atoms with Gasteiger partial charge in [0.05, 0.1) is 28.7 Å². The maximum atomic E-state index is 11.4. The summed E-state index contributed by atoms with van der Waals surface area (Å²) in [6, 6.07) is 4.07. The Bertz CT molecular complexity index is 1520. The van der Waals surface area contributed by atoms with Gasteiger partial charge in [-0.25, -0.2) is 15.0 Å². The van der Waals surface area contributed by atoms with Gasteiger partial charge in [0.15, 0.2) is 5.82 Å². The molecule has 170 valence electrons. The van der Waals surface area contributed by atoms with Gasteiger partial charge in [-0.05, 0) is 44.0 Å². The topological polar surface area (TPSA) is 103 Å². The second-order valence-electron chi connectivity index (χ2n) is 9.53. The van der Waals surface area contributed by atoms with E-state index in [-0.39, 0.29) is 6.04 Å². The van der Waals surface area contributed by atoms with Crippen LogP contribution in [0.4, 0.5) is 5.82 Å². The number of allylic oxidation sites excluding steroid dienone is 4. The Morgan fingerprint density at radius 2 is 2.12 bits per heavy atom. The second-order valence-corrected chi connectivity index (χ2v) is 9.53. The van der Waals surface area contributed by atoms with Crippen LogP contribution in [0.1, 0.15) is 24.1 Å². The van der Waals surface area contributed by atoms with Gasteiger partial charge in [-0.3, -0.25) is 4.98 Å². The summed E-state index contributed by atoms with van der Waals surface area (Å²) >= 11 is 0. The minimum atomic E-state index is -0.750. The lowest BCUT2D eigenvalue weighted by molar-refractivity contribution is 0.0159. The number of rotatable bonds is 3. The number of hydrogen-bond acceptors (Lipinski definition) is 7. The number of β-amino-alcohol motifs (C(OH)–C–C–N with tert-alkyl or cyclic N) is 1. The largest absolute Gasteiger partial charge is 0.386 e. The van der Waals surface area contributed by atoms with Crippen LogP contribution in [0.3, 0.4) is 0 Å². The molecule has 0 radical (unpaired) electrons. The molecule has 2 atom stereocenters. The van der Waals surface area contributed by atoms with Crippen LogP contribution in [-0.2, 0) is 0 Å². The molecule has 34 heavy (non-hydrogen) atoms. The Morgan fingerprint density at radius 1 is 1.21 bits per heavy atom. The van der Waals surface area contributed by atoms with E-state index in [2.05, 4.69) is 43.4 Å². The number of aromatic nitrogens is 5. The van der Waals surface area contributed by atoms with Crippen LogP contribution >= 0.6 is 0 Å². The molecular weight excluding hydrogens is 426 g/mol. The fourth-order valence-electron chi connectivity index (χ4n) is 5.69. The molecule has 0 aromatic carbocycles. The van der Waals surface area contributed by atoms with E-state index < -0.39 is 5.60 Å². The maximum absolute atomic E-state index is 11.4. The van der Waals surface area contributed by atoms with E-state index in [4.69, 9.17) is 9.97 Å². The highest BCUT2D eigenvalue weighted by Crippen LogP contribution is 2.41. The summed E-state index contributed by atoms with van der Waals surface area (Å²) in [4.78, 5) is 24.8. The first kappa shape index (κ1) is 19.8. The monoisotopic (exact) mass is 451 g/mol. The minimum Gasteiger partial charge on any atom is -0.386 e. The molecular formula is C26H25N7O. The second kappa shape index (κ2) is 7.19. The number of fused-ring (bicyclic) bond motifs is 3. The Balaban J connectivity index is 1.49. The molecule has 1 aliphatic carbocycles. The number of nitrogens with zero attached hydrogens (tertiary/aromatic N) is 5. The number of hydrogen-bond donors (Lipinski definition) is 3. The van der Waals surface area contributed by atoms with E-state index in [0.717, 1.165) is 69.7 Å². The van der Waals surface area contributed by atoms with Crippen LogP contribution in [0.2, 0.25) is 0 Å². The van der Waals surface area contributed by atoms with Crippen LogP contribution in [0, 0.1) is 6.92 Å². The Hall–Kier alpha value is -3.62. The van der Waals surface area contributed by atoms with E-state index >= 15 is 0 Å². The highest BCUT2D eigenvalue weighted by Gasteiger charge is 2.48. The average Bonchev–Trinajstić information content (AvgIpc) is 3.36. The Kier molecular flexibility index (Phi) is 4.19. The van der Waals surface area contributed by atoms with Crippen LogP contribution in [0.5, 0.6) is 0 Å². The molecule has 0 saturated carbocycles. The number of aryl methyl sites for hydroxylation is 1. The molecule has 0 spiro atoms. The van der Waals surface area contributed by atoms with Crippen molar-refractivity contribution in [3.05, 3.63) is 60.2 Å². The van der Waals surface area contributed by atoms with Crippen molar-refractivity contribution in [1.82, 2.24) is 30.2 Å². The van der Waals surface area contributed by atoms with Crippen LogP contribution < -0.4 is 10.2 Å². The normalized spacial score (nSPS) is 23.9. The molecule has 2 aliphatic heterocycles. The molecule has 4 aromatic heterocycles. The van der Waals surface area contributed by atoms with Gasteiger partial charge in [-0.15, -0.1) is 0 Å². The van der Waals surface area contributed by atoms with Crippen LogP contribution in [0.25, 0.3) is 38.9 Å². The molecule has 7 rings (SSSR count). The first-order valence-electron chi connectivity index (χ1n) is 11.8. The molecule has 2 fully saturated rings. The maximum Gasteiger partial charge on any atom is 0.163 e. The summed E-state index contributed by atoms with van der Waals surface area (Å²) in [6.45, 7) is 4.27. The molecule has 3 aliphatic rings. The number of aliphatic hydroxyl groups is 1. The predicted octanol–water partition coefficient (Wildman–Crippen LogP) is 3.13. The molecule has 0 amide bonds. The SMILES string of the molecule is Cc1cc2c(-c3nc(N4CC[C@]5(O)CNCC[C@H]45)c4c(C5=CC=C5)cncc4n3)ccnc2[nH]1. The van der Waals surface area contributed by atoms with Gasteiger partial charge in [-0.1, -0.05) is 18.2 Å². The highest BCUT2D eigenvalue weighted by molar-refractivity contribution is 6.03. The number of aromatic amines is 1. The van der Waals surface area contributed by atoms with Gasteiger partial charge in [-0.2, -0.15) is 0 Å². The molecule has 4 aromatic rings. The van der Waals surface area contributed by atoms with Crippen molar-refractivity contribution in [3.63, 3.8) is 0 Å². The standard InChI is InChI=1S/C26H25N7O/c1-15-11-18-17(5-9-29-23(18)30-15)24-31-20-13-28-12-19(16-3-2-4-16)22(20)25(32-24)33-10-7-26(34)14-27-8-6-21(26)33/h2-5,9,11-13,21,27,34H,6-8,10,14H2,1H3,(H,29,30)/t21-,26-/m0/s1. The first-order valence-corrected chi connectivity index (χ1v) is 11.8. The predicted molar refractivity (Wildman–Crippen MR) is 132 cm³/mol. The van der Waals surface area contributed by atoms with E-state index in [1.54, 1.807) is 6.20 Å². The van der Waals surface area contributed by atoms with E-state index in [1.165, 1.54) is 0 Å². The van der Waals surface area contributed by atoms with Gasteiger partial charge in [0.1, 0.15) is 11.5 Å². The smallest absolute Gasteiger partial charge is 0.163 e. The number of pyridine rings is 2. The van der Waals surface area contributed by atoms with Crippen molar-refractivity contribution < 1.29 is 5.11 Å². The third-order valence-corrected chi connectivity index (χ3v) is 7.44. The minimum absolute atomic E-state index is 0.0126. The van der Waals surface area contributed by atoms with Crippen molar-refractivity contribution in [2.24, 2.45) is 0 Å². The summed E-state index contributed by atoms with van der Waals surface area (Å²) in [5.74, 6) is 1.52. The van der Waals surface area contributed by atoms with Crippen molar-refractivity contribution in [1.29, 1.82) is 0 Å². The fourth-order valence-corrected chi connectivity index (χ4v) is 5.69. The quantitative estimate of drug-likeness (QED) is 0.440. The van der Waals surface area contributed by atoms with E-state index in [1.807, 2.05) is 31.5 Å². The van der Waals surface area contributed by atoms with E-state index in [0.29, 0.717) is 18.8 Å². The summed E-state index contributed by atoms with van der Waals surface area (Å²) in [5, 5.41) is 16.7. The van der Waals surface area contributed by atoms with Gasteiger partial charge < -0.3 is 20.3 Å². The van der Waals surface area contributed by atoms with Gasteiger partial charge >= 0.3 is 0 Å². The molecule has 8 nitrogen and oxygen atoms in total. The molecule has 0 bridgehead atoms. The zero-order valence-corrected chi connectivity index (χ0v) is 18.9. The number of piperidine rings is 1. The molecule has 2 saturated heterocycles. The number of H-pyrrole nitrogens is 1. The highest BCUT2D eigenvalue weighted by atomic mass is 16.3. The summed E-state index contributed by atoms with van der Waals surface area (Å²) < 4.78 is 0. The van der Waals surface area contributed by atoms with Gasteiger partial charge in [0, 0.05) is 47.7 Å². The third kappa shape index (κ3) is 2.85. The lowest BCUT2D eigenvalue weighted by Crippen LogP contribution is -2.56. The van der Waals surface area contributed by atoms with Crippen molar-refractivity contribution in [2.45, 2.75) is 31.4 Å². The lowest BCUT2D eigenvalue weighted by Gasteiger charge is -2.39. The fraction of sp³-hybridized carbons (Fsp3) is 0.308. The van der Waals surface area contributed by atoms with Gasteiger partial charge in [0.25, 0.3) is 0 Å². The molecule has 6 heterocycles. The Labute approximate surface area is 196 Å². The average molecular weight is 452 g/mol. The van der Waals surface area contributed by atoms with Crippen molar-refractivity contribution in [2.75, 3.05) is 24.5 Å². The van der Waals surface area contributed by atoms with Crippen LogP contribution in [-0.4, -0.2) is 61.3 Å². The number of anilines is 1. The molecule has 3 N–H and O–H groups in total. The zero-order chi connectivity index (χ0) is 22.9. The number of nitrogens with one attached hydrogen (secondary N) is 2. The first-order chi connectivity index (χ1) is 16.6. The lowest BCUT2D eigenvalue weighted by atomic mass is 9.89. The molecule has 0 unspecified atom stereocenters. The zero-order valence-electron chi connectivity index (χ0n) is 18.9. The Morgan fingerprint density at radius 3 is 2.97 bits per heavy atom. The van der Waals surface area contributed by atoms with Crippen molar-refractivity contribution in [3.8, 4) is 11.4 Å². The van der Waals surface area contributed by atoms with Gasteiger partial charge in [0.2, 0.25) is 0 Å². The molecule has 8 heteroatoms. The van der Waals surface area contributed by atoms with Crippen molar-refractivity contribution >= 4 is 33.3 Å². The third-order valence-electron chi connectivity index (χ3n) is 7.44. The van der Waals surface area contributed by atoms with E-state index in [9.17, 15) is 5.11 Å². The van der Waals surface area contributed by atoms with Crippen LogP contribution in [0.15, 0.2) is 49.0 Å². The summed E-state index contributed by atoms with van der Waals surface area (Å²) in [7, 11) is 0.